The number of aromatic carboxylic acids is 1. The number of halogens is 2. The van der Waals surface area contributed by atoms with Crippen LogP contribution in [-0.2, 0) is 11.3 Å². The maximum absolute atomic E-state index is 15.6. The fourth-order valence-corrected chi connectivity index (χ4v) is 6.00. The molecule has 1 aliphatic heterocycles. The van der Waals surface area contributed by atoms with Crippen LogP contribution in [0.2, 0.25) is 0 Å². The van der Waals surface area contributed by atoms with Crippen molar-refractivity contribution in [2.45, 2.75) is 20.4 Å². The normalized spacial score (nSPS) is 13.9. The molecule has 5 heterocycles. The Balaban J connectivity index is 1.62. The van der Waals surface area contributed by atoms with Crippen molar-refractivity contribution >= 4 is 50.3 Å². The van der Waals surface area contributed by atoms with Crippen molar-refractivity contribution in [2.24, 2.45) is 0 Å². The number of anilines is 2. The minimum atomic E-state index is -1.33. The van der Waals surface area contributed by atoms with Crippen LogP contribution in [0.4, 0.5) is 20.2 Å². The summed E-state index contributed by atoms with van der Waals surface area (Å²) in [5.41, 5.74) is 2.10. The molecule has 0 atom stereocenters. The number of hydrogen-bond donors (Lipinski definition) is 3. The number of hydrogen-bond acceptors (Lipinski definition) is 8. The van der Waals surface area contributed by atoms with Crippen molar-refractivity contribution in [3.8, 4) is 11.1 Å². The summed E-state index contributed by atoms with van der Waals surface area (Å²) < 4.78 is 37.7. The Hall–Kier alpha value is -4.62. The van der Waals surface area contributed by atoms with Gasteiger partial charge in [-0.15, -0.1) is 0 Å². The van der Waals surface area contributed by atoms with Crippen LogP contribution in [0.15, 0.2) is 35.5 Å². The lowest BCUT2D eigenvalue weighted by molar-refractivity contribution is 0.0694. The number of H-pyrrole nitrogens is 1. The number of carbonyl (C=O) groups is 1. The summed E-state index contributed by atoms with van der Waals surface area (Å²) in [5.74, 6) is -3.33. The molecule has 230 valence electrons. The molecule has 11 nitrogen and oxygen atoms in total. The number of carboxylic acids is 1. The summed E-state index contributed by atoms with van der Waals surface area (Å²) >= 11 is 0. The van der Waals surface area contributed by atoms with Crippen LogP contribution < -0.4 is 15.6 Å². The van der Waals surface area contributed by atoms with Crippen LogP contribution in [0, 0.1) is 11.6 Å². The smallest absolute Gasteiger partial charge is 0.341 e. The molecule has 1 aromatic carbocycles. The van der Waals surface area contributed by atoms with E-state index in [2.05, 4.69) is 25.2 Å². The largest absolute Gasteiger partial charge is 0.477 e. The van der Waals surface area contributed by atoms with Crippen LogP contribution in [0.1, 0.15) is 24.2 Å². The van der Waals surface area contributed by atoms with Crippen LogP contribution >= 0.6 is 0 Å². The highest BCUT2D eigenvalue weighted by molar-refractivity contribution is 6.18. The topological polar surface area (TPSA) is 129 Å². The number of nitrogens with one attached hydrogen (secondary N) is 2. The molecular weight excluding hydrogens is 572 g/mol. The number of morpholine rings is 1. The Morgan fingerprint density at radius 1 is 1.14 bits per heavy atom. The van der Waals surface area contributed by atoms with E-state index in [1.165, 1.54) is 6.20 Å². The van der Waals surface area contributed by atoms with E-state index in [0.29, 0.717) is 84.1 Å². The monoisotopic (exact) mass is 605 g/mol. The zero-order valence-electron chi connectivity index (χ0n) is 24.7. The molecule has 6 rings (SSSR count). The van der Waals surface area contributed by atoms with E-state index in [1.54, 1.807) is 30.1 Å². The fraction of sp³-hybridized carbons (Fsp3) is 0.355. The van der Waals surface area contributed by atoms with Gasteiger partial charge in [-0.3, -0.25) is 4.79 Å². The Kier molecular flexibility index (Phi) is 7.91. The van der Waals surface area contributed by atoms with E-state index in [1.807, 2.05) is 18.7 Å². The first-order valence-corrected chi connectivity index (χ1v) is 14.6. The van der Waals surface area contributed by atoms with Crippen LogP contribution in [0.3, 0.4) is 0 Å². The van der Waals surface area contributed by atoms with Gasteiger partial charge >= 0.3 is 5.97 Å². The quantitative estimate of drug-likeness (QED) is 0.225. The number of aromatic nitrogens is 4. The van der Waals surface area contributed by atoms with Gasteiger partial charge in [0.05, 0.1) is 46.3 Å². The Morgan fingerprint density at radius 3 is 2.57 bits per heavy atom. The number of aromatic amines is 1. The first-order chi connectivity index (χ1) is 21.3. The van der Waals surface area contributed by atoms with E-state index in [9.17, 15) is 19.1 Å². The molecule has 0 aliphatic carbocycles. The highest BCUT2D eigenvalue weighted by Crippen LogP contribution is 2.43. The summed E-state index contributed by atoms with van der Waals surface area (Å²) in [7, 11) is 1.63. The molecule has 4 aromatic heterocycles. The number of ether oxygens (including phenoxy) is 1. The van der Waals surface area contributed by atoms with Crippen molar-refractivity contribution in [1.29, 1.82) is 0 Å². The van der Waals surface area contributed by atoms with E-state index in [4.69, 9.17) is 4.74 Å². The maximum atomic E-state index is 15.6. The number of likely N-dealkylation sites (N-methyl/N-ethyl adjacent to an activating group) is 1. The van der Waals surface area contributed by atoms with Crippen molar-refractivity contribution in [3.63, 3.8) is 0 Å². The van der Waals surface area contributed by atoms with Crippen molar-refractivity contribution < 1.29 is 23.4 Å². The summed E-state index contributed by atoms with van der Waals surface area (Å²) in [5, 5.41) is 13.4. The SMILES string of the molecule is CCN(CC)CCn1cc(C(=O)O)c(=O)c2cc(-c3cnc4[nH]c5c(NC)cc(F)c(F)c5c4c3N3CCOCC3)cnc21. The van der Waals surface area contributed by atoms with E-state index in [-0.39, 0.29) is 16.3 Å². The number of rotatable bonds is 9. The standard InChI is InChI=1S/C31H33F2N7O4/c1-4-38(5-2)6-7-40-16-20(31(42)43)28(41)18-12-17(14-36-30(18)40)19-15-35-29-24(27(19)39-8-10-44-11-9-39)23-25(33)21(32)13-22(34-3)26(23)37-29/h12-16,34H,4-11H2,1-3H3,(H,35,37)(H,42,43). The molecule has 3 N–H and O–H groups in total. The summed E-state index contributed by atoms with van der Waals surface area (Å²) in [6.45, 7) is 8.65. The first kappa shape index (κ1) is 29.5. The number of carboxylic acid groups (broad SMARTS) is 1. The number of benzene rings is 1. The number of nitrogens with zero attached hydrogens (tertiary/aromatic N) is 5. The molecule has 44 heavy (non-hydrogen) atoms. The molecule has 5 aromatic rings. The van der Waals surface area contributed by atoms with Gasteiger partial charge in [0.2, 0.25) is 5.43 Å². The predicted octanol–water partition coefficient (Wildman–Crippen LogP) is 4.29. The molecule has 1 aliphatic rings. The van der Waals surface area contributed by atoms with Gasteiger partial charge in [0.1, 0.15) is 16.9 Å². The first-order valence-electron chi connectivity index (χ1n) is 14.6. The van der Waals surface area contributed by atoms with E-state index in [0.717, 1.165) is 19.2 Å². The molecule has 1 saturated heterocycles. The number of fused-ring (bicyclic) bond motifs is 4. The molecule has 1 fully saturated rings. The van der Waals surface area contributed by atoms with Crippen LogP contribution in [-0.4, -0.2) is 88.5 Å². The van der Waals surface area contributed by atoms with Gasteiger partial charge in [-0.25, -0.2) is 23.5 Å². The van der Waals surface area contributed by atoms with Crippen molar-refractivity contribution in [2.75, 3.05) is 63.2 Å². The highest BCUT2D eigenvalue weighted by Gasteiger charge is 2.27. The second-order valence-electron chi connectivity index (χ2n) is 10.7. The summed E-state index contributed by atoms with van der Waals surface area (Å²) in [6.07, 6.45) is 4.56. The van der Waals surface area contributed by atoms with Gasteiger partial charge in [0.25, 0.3) is 0 Å². The third-order valence-electron chi connectivity index (χ3n) is 8.37. The molecule has 0 unspecified atom stereocenters. The fourth-order valence-electron chi connectivity index (χ4n) is 6.00. The lowest BCUT2D eigenvalue weighted by Gasteiger charge is -2.31. The van der Waals surface area contributed by atoms with Gasteiger partial charge in [-0.05, 0) is 19.2 Å². The Bertz CT molecular complexity index is 1960. The molecule has 0 bridgehead atoms. The zero-order valence-corrected chi connectivity index (χ0v) is 24.7. The molecule has 0 radical (unpaired) electrons. The van der Waals surface area contributed by atoms with Gasteiger partial charge in [-0.2, -0.15) is 0 Å². The Morgan fingerprint density at radius 2 is 1.89 bits per heavy atom. The highest BCUT2D eigenvalue weighted by atomic mass is 19.2. The van der Waals surface area contributed by atoms with Crippen molar-refractivity contribution in [3.05, 3.63) is 58.1 Å². The van der Waals surface area contributed by atoms with Crippen molar-refractivity contribution in [1.82, 2.24) is 24.4 Å². The molecular formula is C31H33F2N7O4. The van der Waals surface area contributed by atoms with Crippen LogP contribution in [0.5, 0.6) is 0 Å². The van der Waals surface area contributed by atoms with Gasteiger partial charge in [0.15, 0.2) is 11.6 Å². The van der Waals surface area contributed by atoms with Crippen LogP contribution in [0.25, 0.3) is 44.1 Å². The summed E-state index contributed by atoms with van der Waals surface area (Å²) in [6, 6.07) is 2.71. The zero-order chi connectivity index (χ0) is 31.1. The van der Waals surface area contributed by atoms with E-state index >= 15 is 4.39 Å². The summed E-state index contributed by atoms with van der Waals surface area (Å²) in [4.78, 5) is 42.1. The van der Waals surface area contributed by atoms with Gasteiger partial charge in [-0.1, -0.05) is 13.8 Å². The molecule has 0 amide bonds. The van der Waals surface area contributed by atoms with E-state index < -0.39 is 23.0 Å². The van der Waals surface area contributed by atoms with Gasteiger partial charge in [0, 0.05) is 69.0 Å². The third kappa shape index (κ3) is 4.91. The lowest BCUT2D eigenvalue weighted by Crippen LogP contribution is -2.36. The lowest BCUT2D eigenvalue weighted by atomic mass is 10.0. The average molecular weight is 606 g/mol. The molecule has 0 spiro atoms. The average Bonchev–Trinajstić information content (AvgIpc) is 3.44. The minimum absolute atomic E-state index is 0.0564. The predicted molar refractivity (Wildman–Crippen MR) is 166 cm³/mol. The second kappa shape index (κ2) is 11.8. The second-order valence-corrected chi connectivity index (χ2v) is 10.7. The minimum Gasteiger partial charge on any atom is -0.477 e. The molecule has 13 heteroatoms. The maximum Gasteiger partial charge on any atom is 0.341 e. The van der Waals surface area contributed by atoms with Gasteiger partial charge < -0.3 is 34.5 Å². The number of pyridine rings is 3. The third-order valence-corrected chi connectivity index (χ3v) is 8.37. The Labute approximate surface area is 251 Å². The molecule has 0 saturated carbocycles.